The van der Waals surface area contributed by atoms with Crippen LogP contribution in [0, 0.1) is 0 Å². The largest absolute Gasteiger partial charge is 0.500 e. The van der Waals surface area contributed by atoms with Crippen LogP contribution in [-0.2, 0) is 66.4 Å². The number of nitrogens with one attached hydrogen (secondary N) is 3. The first-order chi connectivity index (χ1) is 30.4. The average Bonchev–Trinajstić information content (AvgIpc) is 3.30. The highest BCUT2D eigenvalue weighted by atomic mass is 28.4. The highest BCUT2D eigenvalue weighted by molar-refractivity contribution is 6.62. The van der Waals surface area contributed by atoms with Crippen LogP contribution >= 0.6 is 0 Å². The van der Waals surface area contributed by atoms with Gasteiger partial charge in [0.25, 0.3) is 0 Å². The summed E-state index contributed by atoms with van der Waals surface area (Å²) in [5, 5.41) is 10.3. The Morgan fingerprint density at radius 2 is 0.429 bits per heavy atom. The Kier molecular flexibility index (Phi) is 48.1. The first-order valence-electron chi connectivity index (χ1n) is 23.3. The quantitative estimate of drug-likeness (QED) is 0.0464. The molecule has 0 aromatic carbocycles. The summed E-state index contributed by atoms with van der Waals surface area (Å²) >= 11 is 0. The van der Waals surface area contributed by atoms with E-state index in [9.17, 15) is 0 Å². The van der Waals surface area contributed by atoms with Crippen molar-refractivity contribution in [1.29, 1.82) is 0 Å². The minimum absolute atomic E-state index is 0.624. The minimum atomic E-state index is -2.52. The summed E-state index contributed by atoms with van der Waals surface area (Å²) in [7, 11) is 2.57. The summed E-state index contributed by atoms with van der Waals surface area (Å²) in [6.07, 6.45) is 7.34. The van der Waals surface area contributed by atoms with Gasteiger partial charge in [-0.2, -0.15) is 0 Å². The molecule has 0 spiro atoms. The van der Waals surface area contributed by atoms with Crippen molar-refractivity contribution in [2.45, 2.75) is 124 Å². The van der Waals surface area contributed by atoms with Gasteiger partial charge >= 0.3 is 44.0 Å². The zero-order chi connectivity index (χ0) is 48.2. The topological polar surface area (TPSA) is 175 Å². The summed E-state index contributed by atoms with van der Waals surface area (Å²) in [5.74, 6) is 0. The smallest absolute Gasteiger partial charge is 0.377 e. The first-order valence-corrected chi connectivity index (χ1v) is 33.0. The van der Waals surface area contributed by atoms with Crippen LogP contribution < -0.4 is 16.0 Å². The predicted octanol–water partition coefficient (Wildman–Crippen LogP) is 6.21. The molecule has 0 fully saturated rings. The van der Waals surface area contributed by atoms with Crippen LogP contribution in [0.2, 0.25) is 30.2 Å². The van der Waals surface area contributed by atoms with Crippen molar-refractivity contribution in [3.63, 3.8) is 0 Å². The molecule has 0 saturated heterocycles. The fourth-order valence-electron chi connectivity index (χ4n) is 6.50. The maximum absolute atomic E-state index is 5.89. The molecule has 0 aliphatic rings. The number of hydrogen-bond acceptors (Lipinski definition) is 18. The number of unbranched alkanes of at least 4 members (excludes halogenated alkanes) is 1. The molecule has 0 aromatic rings. The van der Waals surface area contributed by atoms with Crippen molar-refractivity contribution >= 4 is 44.0 Å². The van der Waals surface area contributed by atoms with Crippen LogP contribution in [0.5, 0.6) is 0 Å². The molecule has 0 aliphatic carbocycles. The molecule has 0 saturated carbocycles. The van der Waals surface area contributed by atoms with Gasteiger partial charge in [-0.25, -0.2) is 0 Å². The van der Waals surface area contributed by atoms with Crippen LogP contribution in [0.1, 0.15) is 93.4 Å². The molecule has 0 unspecified atom stereocenters. The molecular formula is C40H99N3O15Si5. The molecule has 0 aliphatic heterocycles. The summed E-state index contributed by atoms with van der Waals surface area (Å²) < 4.78 is 83.6. The fraction of sp³-hybridized carbons (Fsp3) is 1.00. The molecule has 0 heterocycles. The summed E-state index contributed by atoms with van der Waals surface area (Å²) in [5.41, 5.74) is 0. The van der Waals surface area contributed by atoms with Crippen molar-refractivity contribution in [3.05, 3.63) is 0 Å². The van der Waals surface area contributed by atoms with Crippen molar-refractivity contribution < 1.29 is 66.4 Å². The van der Waals surface area contributed by atoms with Gasteiger partial charge < -0.3 is 82.3 Å². The maximum atomic E-state index is 5.89. The molecule has 23 heteroatoms. The molecule has 63 heavy (non-hydrogen) atoms. The van der Waals surface area contributed by atoms with Gasteiger partial charge in [0.2, 0.25) is 0 Å². The third-order valence-electron chi connectivity index (χ3n) is 9.87. The van der Waals surface area contributed by atoms with Crippen molar-refractivity contribution in [1.82, 2.24) is 16.0 Å². The lowest BCUT2D eigenvalue weighted by molar-refractivity contribution is 0.0705. The van der Waals surface area contributed by atoms with Crippen molar-refractivity contribution in [2.24, 2.45) is 0 Å². The first kappa shape index (κ1) is 67.6. The number of hydrogen-bond donors (Lipinski definition) is 3. The fourth-order valence-corrected chi connectivity index (χ4v) is 16.9. The molecule has 3 N–H and O–H groups in total. The Bertz CT molecular complexity index is 842. The lowest BCUT2D eigenvalue weighted by Crippen LogP contribution is -2.46. The Balaban J connectivity index is -0.000000894. The molecule has 0 aromatic heterocycles. The van der Waals surface area contributed by atoms with E-state index in [1.807, 2.05) is 41.5 Å². The Hall–Kier alpha value is 0.364. The van der Waals surface area contributed by atoms with Crippen LogP contribution in [0.25, 0.3) is 0 Å². The lowest BCUT2D eigenvalue weighted by atomic mass is 10.3. The normalized spacial score (nSPS) is 12.6. The van der Waals surface area contributed by atoms with Gasteiger partial charge in [0, 0.05) is 134 Å². The molecule has 18 nitrogen and oxygen atoms in total. The van der Waals surface area contributed by atoms with E-state index >= 15 is 0 Å². The van der Waals surface area contributed by atoms with E-state index in [0.717, 1.165) is 102 Å². The molecule has 0 bridgehead atoms. The van der Waals surface area contributed by atoms with Gasteiger partial charge in [0.05, 0.1) is 0 Å². The highest BCUT2D eigenvalue weighted by Crippen LogP contribution is 2.20. The Morgan fingerprint density at radius 1 is 0.254 bits per heavy atom. The zero-order valence-electron chi connectivity index (χ0n) is 43.1. The maximum Gasteiger partial charge on any atom is 0.500 e. The molecule has 0 rings (SSSR count). The molecule has 0 amide bonds. The van der Waals surface area contributed by atoms with Crippen LogP contribution in [0.15, 0.2) is 0 Å². The summed E-state index contributed by atoms with van der Waals surface area (Å²) in [6.45, 7) is 23.6. The Morgan fingerprint density at radius 3 is 0.587 bits per heavy atom. The third kappa shape index (κ3) is 31.9. The zero-order valence-corrected chi connectivity index (χ0v) is 48.1. The third-order valence-corrected chi connectivity index (χ3v) is 24.7. The van der Waals surface area contributed by atoms with Crippen molar-refractivity contribution in [3.8, 4) is 0 Å². The van der Waals surface area contributed by atoms with Gasteiger partial charge in [-0.15, -0.1) is 0 Å². The van der Waals surface area contributed by atoms with Gasteiger partial charge in [0.15, 0.2) is 0 Å². The molecule has 0 atom stereocenters. The second kappa shape index (κ2) is 44.8. The average molecular weight is 1000 g/mol. The van der Waals surface area contributed by atoms with Gasteiger partial charge in [-0.3, -0.25) is 0 Å². The SMILES string of the molecule is CCCCNCCC[Si](OC)(OC)OC.CCO[Si](CCCNCCC[Si](OCC)(OCC)OCC)(OCC)OCC.CO[Si](CCCNCCC[Si](OC)(OC)OC)(OC)OC. The molecule has 0 radical (unpaired) electrons. The van der Waals surface area contributed by atoms with Crippen LogP contribution in [-0.4, -0.2) is 187 Å². The second-order valence-electron chi connectivity index (χ2n) is 14.0. The lowest BCUT2D eigenvalue weighted by Gasteiger charge is -2.29. The van der Waals surface area contributed by atoms with E-state index in [1.54, 1.807) is 64.0 Å². The molecule has 384 valence electrons. The van der Waals surface area contributed by atoms with Crippen molar-refractivity contribution in [2.75, 3.05) is 143 Å². The van der Waals surface area contributed by atoms with E-state index in [2.05, 4.69) is 22.9 Å². The molecular weight excluding hydrogens is 903 g/mol. The standard InChI is InChI=1S/C18H43NO6Si2.C12H31NO6Si2.C10H25NO3Si/c1-7-20-26(21-8-2,22-9-3)17-13-15-19-16-14-18-27(23-10-4,24-11-5)25-12-6;1-14-20(15-2,16-3)11-7-9-13-10-8-12-21(17-4,18-5)19-6;1-5-6-8-11-9-7-10-15(12-2,13-3)14-4/h19H,7-18H2,1-6H3;13H,7-12H2,1-6H3;11H,5-10H2,1-4H3. The second-order valence-corrected chi connectivity index (χ2v) is 28.7. The summed E-state index contributed by atoms with van der Waals surface area (Å²) in [6, 6.07) is 4.15. The highest BCUT2D eigenvalue weighted by Gasteiger charge is 2.41. The van der Waals surface area contributed by atoms with Crippen LogP contribution in [0.3, 0.4) is 0 Å². The van der Waals surface area contributed by atoms with E-state index < -0.39 is 44.0 Å². The Labute approximate surface area is 391 Å². The van der Waals surface area contributed by atoms with Gasteiger partial charge in [0.1, 0.15) is 0 Å². The monoisotopic (exact) mass is 1000 g/mol. The number of rotatable bonds is 44. The van der Waals surface area contributed by atoms with E-state index in [-0.39, 0.29) is 0 Å². The van der Waals surface area contributed by atoms with Gasteiger partial charge in [-0.05, 0) is 119 Å². The van der Waals surface area contributed by atoms with E-state index in [4.69, 9.17) is 66.4 Å². The summed E-state index contributed by atoms with van der Waals surface area (Å²) in [4.78, 5) is 0. The van der Waals surface area contributed by atoms with Crippen LogP contribution in [0.4, 0.5) is 0 Å². The van der Waals surface area contributed by atoms with E-state index in [1.165, 1.54) is 12.8 Å². The predicted molar refractivity (Wildman–Crippen MR) is 262 cm³/mol. The minimum Gasteiger partial charge on any atom is -0.377 e. The van der Waals surface area contributed by atoms with E-state index in [0.29, 0.717) is 39.6 Å². The van der Waals surface area contributed by atoms with Gasteiger partial charge in [-0.1, -0.05) is 13.3 Å².